The van der Waals surface area contributed by atoms with Gasteiger partial charge >= 0.3 is 12.1 Å². The van der Waals surface area contributed by atoms with E-state index in [9.17, 15) is 18.0 Å². The summed E-state index contributed by atoms with van der Waals surface area (Å²) in [6, 6.07) is 4.10. The summed E-state index contributed by atoms with van der Waals surface area (Å²) in [6.45, 7) is -0.120. The molecule has 0 aliphatic heterocycles. The van der Waals surface area contributed by atoms with Gasteiger partial charge < -0.3 is 9.84 Å². The number of carboxylic acids is 1. The van der Waals surface area contributed by atoms with Crippen molar-refractivity contribution in [2.24, 2.45) is 0 Å². The molecule has 1 heterocycles. The molecule has 106 valence electrons. The third-order valence-corrected chi connectivity index (χ3v) is 3.00. The van der Waals surface area contributed by atoms with Crippen LogP contribution in [-0.2, 0) is 12.8 Å². The van der Waals surface area contributed by atoms with E-state index in [1.165, 1.54) is 0 Å². The lowest BCUT2D eigenvalue weighted by molar-refractivity contribution is -0.137. The average Bonchev–Trinajstić information content (AvgIpc) is 2.84. The maximum atomic E-state index is 12.3. The Morgan fingerprint density at radius 1 is 1.30 bits per heavy atom. The zero-order valence-corrected chi connectivity index (χ0v) is 10.5. The molecule has 1 N–H and O–H groups in total. The predicted molar refractivity (Wildman–Crippen MR) is 62.6 cm³/mol. The van der Waals surface area contributed by atoms with Crippen LogP contribution in [0.25, 0.3) is 0 Å². The lowest BCUT2D eigenvalue weighted by atomic mass is 10.2. The van der Waals surface area contributed by atoms with Crippen LogP contribution in [0.5, 0.6) is 5.75 Å². The lowest BCUT2D eigenvalue weighted by Crippen LogP contribution is -2.05. The van der Waals surface area contributed by atoms with Gasteiger partial charge in [0.2, 0.25) is 0 Å². The second-order valence-corrected chi connectivity index (χ2v) is 4.50. The van der Waals surface area contributed by atoms with Crippen LogP contribution in [-0.4, -0.2) is 20.7 Å². The zero-order chi connectivity index (χ0) is 14.8. The van der Waals surface area contributed by atoms with Gasteiger partial charge in [0, 0.05) is 0 Å². The van der Waals surface area contributed by atoms with Gasteiger partial charge in [-0.05, 0) is 35.8 Å². The average molecular weight is 304 g/mol. The van der Waals surface area contributed by atoms with Gasteiger partial charge in [-0.1, -0.05) is 4.49 Å². The maximum Gasteiger partial charge on any atom is 0.416 e. The minimum Gasteiger partial charge on any atom is -0.488 e. The molecule has 0 aliphatic carbocycles. The van der Waals surface area contributed by atoms with Crippen LogP contribution in [0.4, 0.5) is 13.2 Å². The molecule has 1 aromatic carbocycles. The summed E-state index contributed by atoms with van der Waals surface area (Å²) in [4.78, 5) is 11.1. The van der Waals surface area contributed by atoms with Crippen molar-refractivity contribution in [3.63, 3.8) is 0 Å². The quantitative estimate of drug-likeness (QED) is 0.940. The van der Waals surface area contributed by atoms with E-state index >= 15 is 0 Å². The van der Waals surface area contributed by atoms with E-state index in [-0.39, 0.29) is 22.9 Å². The SMILES string of the molecule is O=C(O)c1nnsc1COc1ccc(C(F)(F)F)cc1. The molecule has 0 spiro atoms. The fraction of sp³-hybridized carbons (Fsp3) is 0.182. The molecular weight excluding hydrogens is 297 g/mol. The number of nitrogens with zero attached hydrogens (tertiary/aromatic N) is 2. The number of hydrogen-bond donors (Lipinski definition) is 1. The highest BCUT2D eigenvalue weighted by molar-refractivity contribution is 7.05. The van der Waals surface area contributed by atoms with E-state index in [0.29, 0.717) is 0 Å². The van der Waals surface area contributed by atoms with Crippen LogP contribution in [0.2, 0.25) is 0 Å². The first-order valence-corrected chi connectivity index (χ1v) is 6.00. The fourth-order valence-corrected chi connectivity index (χ4v) is 1.90. The fourth-order valence-electron chi connectivity index (χ4n) is 1.36. The first-order valence-electron chi connectivity index (χ1n) is 5.22. The Kier molecular flexibility index (Phi) is 3.89. The number of aromatic nitrogens is 2. The number of rotatable bonds is 4. The molecule has 0 fully saturated rings. The topological polar surface area (TPSA) is 72.3 Å². The Balaban J connectivity index is 2.04. The van der Waals surface area contributed by atoms with Crippen molar-refractivity contribution in [1.29, 1.82) is 0 Å². The molecule has 0 unspecified atom stereocenters. The molecule has 1 aromatic heterocycles. The van der Waals surface area contributed by atoms with Gasteiger partial charge in [0.05, 0.1) is 10.4 Å². The number of alkyl halides is 3. The van der Waals surface area contributed by atoms with Crippen LogP contribution >= 0.6 is 11.5 Å². The van der Waals surface area contributed by atoms with Gasteiger partial charge in [-0.25, -0.2) is 4.79 Å². The first kappa shape index (κ1) is 14.3. The summed E-state index contributed by atoms with van der Waals surface area (Å²) in [6.07, 6.45) is -4.41. The first-order chi connectivity index (χ1) is 9.38. The molecule has 2 aromatic rings. The summed E-state index contributed by atoms with van der Waals surface area (Å²) < 4.78 is 45.7. The van der Waals surface area contributed by atoms with Crippen LogP contribution in [0, 0.1) is 0 Å². The Labute approximate surface area is 114 Å². The van der Waals surface area contributed by atoms with Gasteiger partial charge in [-0.2, -0.15) is 13.2 Å². The molecular formula is C11H7F3N2O3S. The van der Waals surface area contributed by atoms with E-state index in [1.54, 1.807) is 0 Å². The molecule has 0 saturated heterocycles. The van der Waals surface area contributed by atoms with Crippen molar-refractivity contribution in [3.05, 3.63) is 40.4 Å². The molecule has 9 heteroatoms. The maximum absolute atomic E-state index is 12.3. The van der Waals surface area contributed by atoms with E-state index < -0.39 is 17.7 Å². The largest absolute Gasteiger partial charge is 0.488 e. The molecule has 0 radical (unpaired) electrons. The summed E-state index contributed by atoms with van der Waals surface area (Å²) in [5.41, 5.74) is -1.00. The third-order valence-electron chi connectivity index (χ3n) is 2.31. The van der Waals surface area contributed by atoms with E-state index in [0.717, 1.165) is 35.8 Å². The summed E-state index contributed by atoms with van der Waals surface area (Å²) in [7, 11) is 0. The number of hydrogen-bond acceptors (Lipinski definition) is 5. The lowest BCUT2D eigenvalue weighted by Gasteiger charge is -2.08. The highest BCUT2D eigenvalue weighted by Gasteiger charge is 2.30. The number of aromatic carboxylic acids is 1. The second kappa shape index (κ2) is 5.45. The van der Waals surface area contributed by atoms with Crippen LogP contribution in [0.15, 0.2) is 24.3 Å². The van der Waals surface area contributed by atoms with Crippen molar-refractivity contribution in [2.45, 2.75) is 12.8 Å². The molecule has 5 nitrogen and oxygen atoms in total. The van der Waals surface area contributed by atoms with Gasteiger partial charge in [-0.15, -0.1) is 5.10 Å². The summed E-state index contributed by atoms with van der Waals surface area (Å²) in [5, 5.41) is 12.2. The minimum absolute atomic E-state index is 0.120. The Hall–Kier alpha value is -2.16. The number of ether oxygens (including phenoxy) is 1. The van der Waals surface area contributed by atoms with Crippen LogP contribution in [0.3, 0.4) is 0 Å². The van der Waals surface area contributed by atoms with Crippen LogP contribution in [0.1, 0.15) is 20.9 Å². The number of halogens is 3. The van der Waals surface area contributed by atoms with Crippen molar-refractivity contribution < 1.29 is 27.8 Å². The second-order valence-electron chi connectivity index (χ2n) is 3.66. The molecule has 2 rings (SSSR count). The highest BCUT2D eigenvalue weighted by atomic mass is 32.1. The number of carboxylic acid groups (broad SMARTS) is 1. The van der Waals surface area contributed by atoms with E-state index in [2.05, 4.69) is 9.59 Å². The van der Waals surface area contributed by atoms with Gasteiger partial charge in [0.1, 0.15) is 12.4 Å². The molecule has 0 aliphatic rings. The number of benzene rings is 1. The molecule has 0 saturated carbocycles. The van der Waals surface area contributed by atoms with Gasteiger partial charge in [0.15, 0.2) is 5.69 Å². The summed E-state index contributed by atoms with van der Waals surface area (Å²) >= 11 is 0.858. The standard InChI is InChI=1S/C11H7F3N2O3S/c12-11(13,14)6-1-3-7(4-2-6)19-5-8-9(10(17)18)15-16-20-8/h1-4H,5H2,(H,17,18). The van der Waals surface area contributed by atoms with Crippen molar-refractivity contribution in [2.75, 3.05) is 0 Å². The minimum atomic E-state index is -4.41. The van der Waals surface area contributed by atoms with Crippen molar-refractivity contribution in [3.8, 4) is 5.75 Å². The highest BCUT2D eigenvalue weighted by Crippen LogP contribution is 2.30. The molecule has 0 amide bonds. The Morgan fingerprint density at radius 3 is 2.50 bits per heavy atom. The predicted octanol–water partition coefficient (Wildman–Crippen LogP) is 2.83. The van der Waals surface area contributed by atoms with Crippen molar-refractivity contribution in [1.82, 2.24) is 9.59 Å². The molecule has 20 heavy (non-hydrogen) atoms. The van der Waals surface area contributed by atoms with E-state index in [1.807, 2.05) is 0 Å². The van der Waals surface area contributed by atoms with Gasteiger partial charge in [-0.3, -0.25) is 0 Å². The monoisotopic (exact) mass is 304 g/mol. The molecule has 0 atom stereocenters. The Bertz CT molecular complexity index is 610. The van der Waals surface area contributed by atoms with Gasteiger partial charge in [0.25, 0.3) is 0 Å². The third kappa shape index (κ3) is 3.23. The summed E-state index contributed by atoms with van der Waals surface area (Å²) in [5.74, 6) is -1.03. The Morgan fingerprint density at radius 2 is 1.95 bits per heavy atom. The van der Waals surface area contributed by atoms with E-state index in [4.69, 9.17) is 9.84 Å². The smallest absolute Gasteiger partial charge is 0.416 e. The number of carbonyl (C=O) groups is 1. The van der Waals surface area contributed by atoms with Crippen molar-refractivity contribution >= 4 is 17.5 Å². The molecule has 0 bridgehead atoms. The normalized spacial score (nSPS) is 11.3. The zero-order valence-electron chi connectivity index (χ0n) is 9.72. The van der Waals surface area contributed by atoms with Crippen LogP contribution < -0.4 is 4.74 Å².